The molecule has 1 N–H and O–H groups in total. The second-order valence-electron chi connectivity index (χ2n) is 7.35. The smallest absolute Gasteiger partial charge is 0.260 e. The number of anilines is 2. The SMILES string of the molecule is CCN(CC)C(=O)COc1ccc(NC(=O)C2CC(=O)N(c3ccccc3F)C2)cc1Cl. The molecule has 1 heterocycles. The maximum Gasteiger partial charge on any atom is 0.260 e. The fourth-order valence-electron chi connectivity index (χ4n) is 3.53. The van der Waals surface area contributed by atoms with E-state index in [0.29, 0.717) is 24.5 Å². The summed E-state index contributed by atoms with van der Waals surface area (Å²) in [6.07, 6.45) is -0.0113. The van der Waals surface area contributed by atoms with Gasteiger partial charge in [-0.2, -0.15) is 0 Å². The van der Waals surface area contributed by atoms with Gasteiger partial charge in [0.2, 0.25) is 11.8 Å². The third kappa shape index (κ3) is 5.37. The molecule has 32 heavy (non-hydrogen) atoms. The summed E-state index contributed by atoms with van der Waals surface area (Å²) in [7, 11) is 0. The van der Waals surface area contributed by atoms with E-state index in [1.165, 1.54) is 23.1 Å². The van der Waals surface area contributed by atoms with Crippen molar-refractivity contribution in [3.63, 3.8) is 0 Å². The van der Waals surface area contributed by atoms with E-state index in [0.717, 1.165) is 0 Å². The summed E-state index contributed by atoms with van der Waals surface area (Å²) in [5.74, 6) is -1.62. The predicted molar refractivity (Wildman–Crippen MR) is 120 cm³/mol. The number of rotatable bonds is 8. The lowest BCUT2D eigenvalue weighted by molar-refractivity contribution is -0.133. The van der Waals surface area contributed by atoms with Crippen LogP contribution < -0.4 is 15.0 Å². The molecule has 3 amide bonds. The van der Waals surface area contributed by atoms with Crippen molar-refractivity contribution >= 4 is 40.7 Å². The van der Waals surface area contributed by atoms with Crippen LogP contribution in [0, 0.1) is 11.7 Å². The van der Waals surface area contributed by atoms with Gasteiger partial charge in [-0.05, 0) is 44.2 Å². The van der Waals surface area contributed by atoms with Crippen LogP contribution in [-0.2, 0) is 14.4 Å². The molecule has 3 rings (SSSR count). The van der Waals surface area contributed by atoms with Crippen LogP contribution in [0.2, 0.25) is 5.02 Å². The number of carbonyl (C=O) groups excluding carboxylic acids is 3. The number of benzene rings is 2. The third-order valence-corrected chi connectivity index (χ3v) is 5.60. The van der Waals surface area contributed by atoms with Gasteiger partial charge in [-0.3, -0.25) is 14.4 Å². The van der Waals surface area contributed by atoms with Crippen molar-refractivity contribution in [3.05, 3.63) is 53.3 Å². The Kier molecular flexibility index (Phi) is 7.69. The molecule has 170 valence electrons. The minimum atomic E-state index is -0.622. The molecule has 1 aliphatic heterocycles. The molecule has 0 saturated carbocycles. The molecule has 1 unspecified atom stereocenters. The van der Waals surface area contributed by atoms with Gasteiger partial charge >= 0.3 is 0 Å². The molecule has 7 nitrogen and oxygen atoms in total. The molecule has 1 saturated heterocycles. The van der Waals surface area contributed by atoms with Crippen molar-refractivity contribution in [1.82, 2.24) is 4.90 Å². The number of hydrogen-bond acceptors (Lipinski definition) is 4. The van der Waals surface area contributed by atoms with Gasteiger partial charge in [-0.15, -0.1) is 0 Å². The van der Waals surface area contributed by atoms with Gasteiger partial charge in [0.05, 0.1) is 16.6 Å². The van der Waals surface area contributed by atoms with E-state index in [1.807, 2.05) is 13.8 Å². The van der Waals surface area contributed by atoms with Gasteiger partial charge < -0.3 is 19.9 Å². The molecule has 0 spiro atoms. The summed E-state index contributed by atoms with van der Waals surface area (Å²) in [6, 6.07) is 10.7. The lowest BCUT2D eigenvalue weighted by Gasteiger charge is -2.19. The van der Waals surface area contributed by atoms with E-state index < -0.39 is 11.7 Å². The zero-order chi connectivity index (χ0) is 23.3. The molecule has 1 fully saturated rings. The zero-order valence-electron chi connectivity index (χ0n) is 17.9. The predicted octanol–water partition coefficient (Wildman–Crippen LogP) is 3.72. The van der Waals surface area contributed by atoms with Crippen molar-refractivity contribution in [1.29, 1.82) is 0 Å². The number of carbonyl (C=O) groups is 3. The van der Waals surface area contributed by atoms with Crippen molar-refractivity contribution < 1.29 is 23.5 Å². The first kappa shape index (κ1) is 23.5. The molecule has 1 aliphatic rings. The van der Waals surface area contributed by atoms with Crippen LogP contribution in [0.5, 0.6) is 5.75 Å². The summed E-state index contributed by atoms with van der Waals surface area (Å²) >= 11 is 6.24. The normalized spacial score (nSPS) is 15.6. The van der Waals surface area contributed by atoms with Gasteiger partial charge in [0.15, 0.2) is 6.61 Å². The number of ether oxygens (including phenoxy) is 1. The van der Waals surface area contributed by atoms with Gasteiger partial charge in [0.1, 0.15) is 11.6 Å². The van der Waals surface area contributed by atoms with Crippen LogP contribution in [-0.4, -0.2) is 48.9 Å². The molecule has 1 atom stereocenters. The molecule has 2 aromatic carbocycles. The number of hydrogen-bond donors (Lipinski definition) is 1. The van der Waals surface area contributed by atoms with Gasteiger partial charge in [-0.1, -0.05) is 23.7 Å². The molecule has 0 aromatic heterocycles. The molecule has 0 aliphatic carbocycles. The Morgan fingerprint density at radius 1 is 1.22 bits per heavy atom. The van der Waals surface area contributed by atoms with Crippen molar-refractivity contribution in [2.75, 3.05) is 36.5 Å². The second kappa shape index (κ2) is 10.5. The first-order valence-corrected chi connectivity index (χ1v) is 10.8. The van der Waals surface area contributed by atoms with E-state index in [9.17, 15) is 18.8 Å². The molecule has 0 bridgehead atoms. The van der Waals surface area contributed by atoms with Crippen LogP contribution >= 0.6 is 11.6 Å². The van der Waals surface area contributed by atoms with Gasteiger partial charge in [0.25, 0.3) is 5.91 Å². The average molecular weight is 462 g/mol. The lowest BCUT2D eigenvalue weighted by Crippen LogP contribution is -2.34. The van der Waals surface area contributed by atoms with E-state index in [2.05, 4.69) is 5.32 Å². The Bertz CT molecular complexity index is 1010. The highest BCUT2D eigenvalue weighted by atomic mass is 35.5. The van der Waals surface area contributed by atoms with Crippen molar-refractivity contribution in [2.45, 2.75) is 20.3 Å². The third-order valence-electron chi connectivity index (χ3n) is 5.31. The maximum atomic E-state index is 14.0. The maximum absolute atomic E-state index is 14.0. The summed E-state index contributed by atoms with van der Waals surface area (Å²) in [5.41, 5.74) is 0.593. The minimum Gasteiger partial charge on any atom is -0.482 e. The number of likely N-dealkylation sites (N-methyl/N-ethyl adjacent to an activating group) is 1. The highest BCUT2D eigenvalue weighted by Crippen LogP contribution is 2.30. The minimum absolute atomic E-state index is 0.0113. The largest absolute Gasteiger partial charge is 0.482 e. The fraction of sp³-hybridized carbons (Fsp3) is 0.348. The Balaban J connectivity index is 1.60. The Morgan fingerprint density at radius 2 is 1.94 bits per heavy atom. The monoisotopic (exact) mass is 461 g/mol. The number of para-hydroxylation sites is 1. The van der Waals surface area contributed by atoms with E-state index in [-0.39, 0.29) is 48.0 Å². The first-order valence-electron chi connectivity index (χ1n) is 10.4. The first-order chi connectivity index (χ1) is 15.3. The number of amides is 3. The lowest BCUT2D eigenvalue weighted by atomic mass is 10.1. The summed E-state index contributed by atoms with van der Waals surface area (Å²) in [4.78, 5) is 40.0. The van der Waals surface area contributed by atoms with E-state index in [4.69, 9.17) is 16.3 Å². The average Bonchev–Trinajstić information content (AvgIpc) is 3.16. The van der Waals surface area contributed by atoms with Gasteiger partial charge in [-0.25, -0.2) is 4.39 Å². The molecular weight excluding hydrogens is 437 g/mol. The topological polar surface area (TPSA) is 79.0 Å². The highest BCUT2D eigenvalue weighted by Gasteiger charge is 2.36. The quantitative estimate of drug-likeness (QED) is 0.650. The number of nitrogens with one attached hydrogen (secondary N) is 1. The molecule has 9 heteroatoms. The Hall–Kier alpha value is -3.13. The number of halogens is 2. The molecular formula is C23H25ClFN3O4. The van der Waals surface area contributed by atoms with Gasteiger partial charge in [0, 0.05) is 31.7 Å². The Labute approximate surface area is 191 Å². The molecule has 2 aromatic rings. The number of nitrogens with zero attached hydrogens (tertiary/aromatic N) is 2. The summed E-state index contributed by atoms with van der Waals surface area (Å²) < 4.78 is 19.5. The molecule has 0 radical (unpaired) electrons. The van der Waals surface area contributed by atoms with Crippen LogP contribution in [0.4, 0.5) is 15.8 Å². The van der Waals surface area contributed by atoms with E-state index >= 15 is 0 Å². The van der Waals surface area contributed by atoms with Crippen LogP contribution in [0.1, 0.15) is 20.3 Å². The van der Waals surface area contributed by atoms with Crippen LogP contribution in [0.25, 0.3) is 0 Å². The zero-order valence-corrected chi connectivity index (χ0v) is 18.7. The fourth-order valence-corrected chi connectivity index (χ4v) is 3.77. The summed E-state index contributed by atoms with van der Waals surface area (Å²) in [5, 5.41) is 2.98. The van der Waals surface area contributed by atoms with Crippen molar-refractivity contribution in [3.8, 4) is 5.75 Å². The Morgan fingerprint density at radius 3 is 2.59 bits per heavy atom. The van der Waals surface area contributed by atoms with Crippen LogP contribution in [0.3, 0.4) is 0 Å². The highest BCUT2D eigenvalue weighted by molar-refractivity contribution is 6.32. The second-order valence-corrected chi connectivity index (χ2v) is 7.75. The summed E-state index contributed by atoms with van der Waals surface area (Å²) in [6.45, 7) is 4.92. The standard InChI is InChI=1S/C23H25ClFN3O4/c1-3-27(4-2)22(30)14-32-20-10-9-16(12-17(20)24)26-23(31)15-11-21(29)28(13-15)19-8-6-5-7-18(19)25/h5-10,12,15H,3-4,11,13-14H2,1-2H3,(H,26,31). The van der Waals surface area contributed by atoms with Crippen LogP contribution in [0.15, 0.2) is 42.5 Å². The van der Waals surface area contributed by atoms with E-state index in [1.54, 1.807) is 29.2 Å². The van der Waals surface area contributed by atoms with Crippen molar-refractivity contribution in [2.24, 2.45) is 5.92 Å².